The molecule has 3 N–H and O–H groups in total. The summed E-state index contributed by atoms with van der Waals surface area (Å²) in [4.78, 5) is 73.3. The zero-order chi connectivity index (χ0) is 80.3. The highest BCUT2D eigenvalue weighted by Gasteiger charge is 2.30. The lowest BCUT2D eigenvalue weighted by atomic mass is 10.0. The Morgan fingerprint density at radius 2 is 0.473 bits per heavy atom. The van der Waals surface area contributed by atoms with Crippen LogP contribution in [-0.2, 0) is 65.4 Å². The maximum Gasteiger partial charge on any atom is 0.472 e. The third-order valence-corrected chi connectivity index (χ3v) is 19.4. The van der Waals surface area contributed by atoms with E-state index in [1.54, 1.807) is 0 Å². The van der Waals surface area contributed by atoms with Crippen molar-refractivity contribution in [2.45, 2.75) is 354 Å². The van der Waals surface area contributed by atoms with Crippen LogP contribution >= 0.6 is 15.6 Å². The molecule has 0 saturated heterocycles. The molecule has 0 aromatic rings. The number of unbranched alkanes of at least 4 members (excludes halogenated alkanes) is 27. The largest absolute Gasteiger partial charge is 0.472 e. The van der Waals surface area contributed by atoms with Crippen LogP contribution in [0.5, 0.6) is 0 Å². The van der Waals surface area contributed by atoms with Gasteiger partial charge in [0.05, 0.1) is 26.4 Å². The summed E-state index contributed by atoms with van der Waals surface area (Å²) in [6.07, 6.45) is 96.3. The van der Waals surface area contributed by atoms with Crippen LogP contribution in [0, 0.1) is 0 Å². The summed E-state index contributed by atoms with van der Waals surface area (Å²) in [5, 5.41) is 10.7. The molecule has 0 rings (SSSR count). The second kappa shape index (κ2) is 81.7. The third-order valence-electron chi connectivity index (χ3n) is 17.5. The van der Waals surface area contributed by atoms with Gasteiger partial charge in [-0.25, -0.2) is 9.13 Å². The Labute approximate surface area is 668 Å². The normalized spacial score (nSPS) is 14.6. The number of phosphoric acid groups is 2. The zero-order valence-electron chi connectivity index (χ0n) is 68.9. The van der Waals surface area contributed by atoms with Gasteiger partial charge in [0.2, 0.25) is 0 Å². The summed E-state index contributed by atoms with van der Waals surface area (Å²) in [5.74, 6) is -2.24. The predicted molar refractivity (Wildman–Crippen MR) is 454 cm³/mol. The lowest BCUT2D eigenvalue weighted by molar-refractivity contribution is -0.161. The molecule has 0 aromatic heterocycles. The molecule has 5 unspecified atom stereocenters. The fourth-order valence-corrected chi connectivity index (χ4v) is 12.7. The number of ether oxygens (including phenoxy) is 4. The van der Waals surface area contributed by atoms with Crippen molar-refractivity contribution < 1.29 is 80.2 Å². The van der Waals surface area contributed by atoms with E-state index in [1.165, 1.54) is 51.4 Å². The second-order valence-corrected chi connectivity index (χ2v) is 30.9. The molecule has 110 heavy (non-hydrogen) atoms. The molecule has 0 heterocycles. The van der Waals surface area contributed by atoms with Crippen molar-refractivity contribution in [2.24, 2.45) is 0 Å². The van der Waals surface area contributed by atoms with Crippen LogP contribution < -0.4 is 0 Å². The van der Waals surface area contributed by atoms with Crippen LogP contribution in [0.2, 0.25) is 0 Å². The molecule has 5 atom stereocenters. The third kappa shape index (κ3) is 80.7. The zero-order valence-corrected chi connectivity index (χ0v) is 70.7. The number of allylic oxidation sites excluding steroid dienone is 26. The number of hydrogen-bond acceptors (Lipinski definition) is 15. The summed E-state index contributed by atoms with van der Waals surface area (Å²) in [6, 6.07) is 0. The van der Waals surface area contributed by atoms with Gasteiger partial charge >= 0.3 is 39.5 Å². The van der Waals surface area contributed by atoms with Crippen LogP contribution in [0.1, 0.15) is 336 Å². The van der Waals surface area contributed by atoms with Crippen LogP contribution in [0.25, 0.3) is 0 Å². The molecule has 0 amide bonds. The van der Waals surface area contributed by atoms with Crippen molar-refractivity contribution in [3.63, 3.8) is 0 Å². The SMILES string of the molecule is CC/C=C\C/C=C\C/C=C\C/C=C\C/C=C\CCCCCC(=O)OCC(COP(=O)(O)OCC(O)COP(=O)(O)OCC(COC(=O)CCCCCCCC/C=C\C/C=C\C/C=C\C/C=C\CC)OC(=O)CCCCCCCC/C=C\C/C=C\C/C=C\C/C=C\CC)OC(=O)CCCCCCCCCCCCCCC. The molecule has 19 heteroatoms. The number of phosphoric ester groups is 2. The molecule has 0 aromatic carbocycles. The van der Waals surface area contributed by atoms with Crippen molar-refractivity contribution in [1.29, 1.82) is 0 Å². The summed E-state index contributed by atoms with van der Waals surface area (Å²) in [5.41, 5.74) is 0. The predicted octanol–water partition coefficient (Wildman–Crippen LogP) is 25.6. The highest BCUT2D eigenvalue weighted by atomic mass is 31.2. The van der Waals surface area contributed by atoms with E-state index >= 15 is 0 Å². The highest BCUT2D eigenvalue weighted by molar-refractivity contribution is 7.47. The molecule has 0 spiro atoms. The van der Waals surface area contributed by atoms with E-state index in [4.69, 9.17) is 37.0 Å². The first-order valence-corrected chi connectivity index (χ1v) is 45.7. The molecule has 0 radical (unpaired) electrons. The Morgan fingerprint density at radius 3 is 0.736 bits per heavy atom. The minimum atomic E-state index is -5.00. The molecule has 628 valence electrons. The van der Waals surface area contributed by atoms with Gasteiger partial charge in [-0.15, -0.1) is 0 Å². The number of rotatable bonds is 79. The van der Waals surface area contributed by atoms with Gasteiger partial charge in [-0.3, -0.25) is 37.3 Å². The van der Waals surface area contributed by atoms with E-state index in [1.807, 2.05) is 0 Å². The van der Waals surface area contributed by atoms with Gasteiger partial charge in [0.15, 0.2) is 12.2 Å². The van der Waals surface area contributed by atoms with E-state index in [-0.39, 0.29) is 25.7 Å². The maximum absolute atomic E-state index is 13.1. The van der Waals surface area contributed by atoms with Gasteiger partial charge in [0.1, 0.15) is 19.3 Å². The van der Waals surface area contributed by atoms with Gasteiger partial charge in [-0.1, -0.05) is 321 Å². The lowest BCUT2D eigenvalue weighted by Crippen LogP contribution is -2.30. The van der Waals surface area contributed by atoms with Crippen molar-refractivity contribution in [3.05, 3.63) is 158 Å². The lowest BCUT2D eigenvalue weighted by Gasteiger charge is -2.21. The monoisotopic (exact) mass is 1580 g/mol. The number of aliphatic hydroxyl groups is 1. The van der Waals surface area contributed by atoms with Crippen molar-refractivity contribution in [2.75, 3.05) is 39.6 Å². The first-order valence-electron chi connectivity index (χ1n) is 42.7. The number of esters is 4. The Kier molecular flexibility index (Phi) is 77.7. The smallest absolute Gasteiger partial charge is 0.462 e. The first-order chi connectivity index (χ1) is 53.7. The average Bonchev–Trinajstić information content (AvgIpc) is 0.942. The van der Waals surface area contributed by atoms with E-state index in [0.717, 1.165) is 205 Å². The average molecular weight is 1580 g/mol. The fourth-order valence-electron chi connectivity index (χ4n) is 11.1. The number of aliphatic hydroxyl groups excluding tert-OH is 1. The summed E-state index contributed by atoms with van der Waals surface area (Å²) in [6.45, 7) is 4.50. The molecule has 0 aliphatic carbocycles. The second-order valence-electron chi connectivity index (χ2n) is 28.0. The molecule has 0 aliphatic rings. The highest BCUT2D eigenvalue weighted by Crippen LogP contribution is 2.45. The molecule has 0 bridgehead atoms. The Balaban J connectivity index is 5.42. The molecule has 17 nitrogen and oxygen atoms in total. The first kappa shape index (κ1) is 105. The standard InChI is InChI=1S/C91H152O17P2/c1-5-9-13-17-21-25-29-33-36-39-42-45-48-52-55-59-63-67-71-75-88(93)101-81-86(107-90(95)77-73-69-65-61-57-51-32-28-24-20-16-12-8-4)83-105-109(97,98)103-79-85(92)80-104-110(99,100)106-84-87(108-91(96)78-74-70-66-62-58-54-50-47-44-41-38-35-31-27-23-19-15-11-7-3)82-102-89(94)76-72-68-64-60-56-53-49-46-43-40-37-34-30-26-22-18-14-10-6-2/h9-11,13-15,21-23,25-27,33-38,42-47,52,55,85-87,92H,5-8,12,16-20,24,28-32,39-41,48-51,53-54,56-84H2,1-4H3,(H,97,98)(H,99,100)/b13-9-,14-10-,15-11-,25-21-,26-22-,27-23-,36-33-,37-34-,38-35-,45-42-,46-43-,47-44-,55-52-. The van der Waals surface area contributed by atoms with Crippen LogP contribution in [0.4, 0.5) is 0 Å². The number of hydrogen-bond donors (Lipinski definition) is 3. The van der Waals surface area contributed by atoms with Gasteiger partial charge in [0, 0.05) is 25.7 Å². The van der Waals surface area contributed by atoms with Gasteiger partial charge < -0.3 is 33.8 Å². The van der Waals surface area contributed by atoms with Crippen LogP contribution in [0.3, 0.4) is 0 Å². The molecule has 0 fully saturated rings. The van der Waals surface area contributed by atoms with Gasteiger partial charge in [0.25, 0.3) is 0 Å². The minimum absolute atomic E-state index is 0.0703. The van der Waals surface area contributed by atoms with Gasteiger partial charge in [-0.05, 0) is 148 Å². The summed E-state index contributed by atoms with van der Waals surface area (Å²) < 4.78 is 68.8. The minimum Gasteiger partial charge on any atom is -0.462 e. The van der Waals surface area contributed by atoms with Crippen molar-refractivity contribution in [3.8, 4) is 0 Å². The Morgan fingerprint density at radius 1 is 0.264 bits per heavy atom. The number of carbonyl (C=O) groups excluding carboxylic acids is 4. The molecular weight excluding hydrogens is 1430 g/mol. The van der Waals surface area contributed by atoms with E-state index < -0.39 is 97.5 Å². The van der Waals surface area contributed by atoms with E-state index in [9.17, 15) is 43.2 Å². The maximum atomic E-state index is 13.1. The topological polar surface area (TPSA) is 237 Å². The van der Waals surface area contributed by atoms with Gasteiger partial charge in [-0.2, -0.15) is 0 Å². The van der Waals surface area contributed by atoms with Crippen LogP contribution in [-0.4, -0.2) is 96.7 Å². The summed E-state index contributed by atoms with van der Waals surface area (Å²) >= 11 is 0. The summed E-state index contributed by atoms with van der Waals surface area (Å²) in [7, 11) is -9.99. The van der Waals surface area contributed by atoms with E-state index in [2.05, 4.69) is 186 Å². The van der Waals surface area contributed by atoms with Crippen molar-refractivity contribution >= 4 is 39.5 Å². The Hall–Kier alpha value is -5.32. The quantitative estimate of drug-likeness (QED) is 0.0169. The Bertz CT molecular complexity index is 2700. The fraction of sp³-hybridized carbons (Fsp3) is 0.670. The van der Waals surface area contributed by atoms with Crippen molar-refractivity contribution in [1.82, 2.24) is 0 Å². The molecule has 0 saturated carbocycles. The molecule has 0 aliphatic heterocycles. The number of carbonyl (C=O) groups is 4. The van der Waals surface area contributed by atoms with E-state index in [0.29, 0.717) is 25.7 Å². The van der Waals surface area contributed by atoms with Crippen LogP contribution in [0.15, 0.2) is 158 Å². The molecular formula is C91H152O17P2.